The monoisotopic (exact) mass is 266 g/mol. The normalized spacial score (nSPS) is 23.6. The molecule has 3 nitrogen and oxygen atoms in total. The van der Waals surface area contributed by atoms with Crippen molar-refractivity contribution in [3.8, 4) is 0 Å². The van der Waals surface area contributed by atoms with Crippen molar-refractivity contribution in [3.63, 3.8) is 0 Å². The Bertz CT molecular complexity index is 389. The van der Waals surface area contributed by atoms with E-state index < -0.39 is 0 Å². The number of carbonyl (C=O) groups excluding carboxylic acids is 1. The Morgan fingerprint density at radius 1 is 1.61 bits per heavy atom. The Kier molecular flexibility index (Phi) is 4.40. The minimum Gasteiger partial charge on any atom is -0.334 e. The van der Waals surface area contributed by atoms with Crippen LogP contribution in [-0.4, -0.2) is 29.4 Å². The summed E-state index contributed by atoms with van der Waals surface area (Å²) in [6.07, 6.45) is 1.10. The molecule has 4 heteroatoms. The van der Waals surface area contributed by atoms with E-state index >= 15 is 0 Å². The Balaban J connectivity index is 2.07. The molecule has 0 aliphatic carbocycles. The molecule has 0 radical (unpaired) electrons. The molecule has 1 saturated heterocycles. The summed E-state index contributed by atoms with van der Waals surface area (Å²) in [6.45, 7) is 8.03. The predicted octanol–water partition coefficient (Wildman–Crippen LogP) is 2.48. The summed E-state index contributed by atoms with van der Waals surface area (Å²) in [5, 5.41) is 5.40. The number of rotatable bonds is 4. The highest BCUT2D eigenvalue weighted by molar-refractivity contribution is 7.09. The lowest BCUT2D eigenvalue weighted by Gasteiger charge is -2.30. The molecule has 0 aromatic carbocycles. The molecule has 2 atom stereocenters. The van der Waals surface area contributed by atoms with Gasteiger partial charge < -0.3 is 10.2 Å². The molecule has 1 N–H and O–H groups in total. The minimum atomic E-state index is 0.00682. The maximum absolute atomic E-state index is 12.6. The molecule has 1 amide bonds. The van der Waals surface area contributed by atoms with E-state index in [2.05, 4.69) is 37.5 Å². The van der Waals surface area contributed by atoms with E-state index in [1.165, 1.54) is 4.88 Å². The molecule has 2 heterocycles. The van der Waals surface area contributed by atoms with Crippen LogP contribution in [-0.2, 0) is 11.3 Å². The van der Waals surface area contributed by atoms with Crippen molar-refractivity contribution >= 4 is 17.2 Å². The quantitative estimate of drug-likeness (QED) is 0.908. The molecule has 0 spiro atoms. The van der Waals surface area contributed by atoms with E-state index in [1.54, 1.807) is 11.3 Å². The number of thiophene rings is 1. The first-order valence-electron chi connectivity index (χ1n) is 6.66. The van der Waals surface area contributed by atoms with E-state index in [-0.39, 0.29) is 18.0 Å². The average molecular weight is 266 g/mol. The third-order valence-electron chi connectivity index (χ3n) is 3.61. The van der Waals surface area contributed by atoms with Crippen LogP contribution in [0.25, 0.3) is 0 Å². The molecule has 18 heavy (non-hydrogen) atoms. The van der Waals surface area contributed by atoms with Crippen molar-refractivity contribution in [2.75, 3.05) is 6.54 Å². The fraction of sp³-hybridized carbons (Fsp3) is 0.643. The van der Waals surface area contributed by atoms with E-state index in [0.717, 1.165) is 19.5 Å². The van der Waals surface area contributed by atoms with Gasteiger partial charge in [-0.05, 0) is 44.2 Å². The SMILES string of the molecule is CC1CCNC1C(=O)N(Cc1cccs1)C(C)C. The zero-order valence-electron chi connectivity index (χ0n) is 11.3. The van der Waals surface area contributed by atoms with Crippen molar-refractivity contribution in [2.24, 2.45) is 5.92 Å². The first-order chi connectivity index (χ1) is 8.59. The fourth-order valence-corrected chi connectivity index (χ4v) is 3.13. The van der Waals surface area contributed by atoms with Crippen LogP contribution in [0, 0.1) is 5.92 Å². The third kappa shape index (κ3) is 2.93. The van der Waals surface area contributed by atoms with Crippen molar-refractivity contribution in [1.82, 2.24) is 10.2 Å². The summed E-state index contributed by atoms with van der Waals surface area (Å²) in [4.78, 5) is 15.8. The molecule has 1 aliphatic rings. The van der Waals surface area contributed by atoms with Gasteiger partial charge in [-0.15, -0.1) is 11.3 Å². The van der Waals surface area contributed by atoms with Crippen LogP contribution < -0.4 is 5.32 Å². The first-order valence-corrected chi connectivity index (χ1v) is 7.54. The molecule has 1 aromatic rings. The summed E-state index contributed by atoms with van der Waals surface area (Å²) < 4.78 is 0. The Morgan fingerprint density at radius 3 is 2.89 bits per heavy atom. The fourth-order valence-electron chi connectivity index (χ4n) is 2.43. The standard InChI is InChI=1S/C14H22N2OS/c1-10(2)16(9-12-5-4-8-18-12)14(17)13-11(3)6-7-15-13/h4-5,8,10-11,13,15H,6-7,9H2,1-3H3. The lowest BCUT2D eigenvalue weighted by molar-refractivity contribution is -0.136. The summed E-state index contributed by atoms with van der Waals surface area (Å²) in [5.41, 5.74) is 0. The van der Waals surface area contributed by atoms with Crippen molar-refractivity contribution in [3.05, 3.63) is 22.4 Å². The number of hydrogen-bond donors (Lipinski definition) is 1. The van der Waals surface area contributed by atoms with Gasteiger partial charge in [0.25, 0.3) is 0 Å². The first kappa shape index (κ1) is 13.6. The van der Waals surface area contributed by atoms with Crippen LogP contribution in [0.15, 0.2) is 17.5 Å². The van der Waals surface area contributed by atoms with Crippen LogP contribution in [0.2, 0.25) is 0 Å². The van der Waals surface area contributed by atoms with E-state index in [9.17, 15) is 4.79 Å². The molecular formula is C14H22N2OS. The van der Waals surface area contributed by atoms with Gasteiger partial charge in [-0.2, -0.15) is 0 Å². The second kappa shape index (κ2) is 5.85. The number of carbonyl (C=O) groups is 1. The highest BCUT2D eigenvalue weighted by Gasteiger charge is 2.33. The van der Waals surface area contributed by atoms with Gasteiger partial charge in [-0.1, -0.05) is 13.0 Å². The lowest BCUT2D eigenvalue weighted by Crippen LogP contribution is -2.48. The average Bonchev–Trinajstić information content (AvgIpc) is 2.95. The summed E-state index contributed by atoms with van der Waals surface area (Å²) in [6, 6.07) is 4.39. The van der Waals surface area contributed by atoms with Gasteiger partial charge in [-0.25, -0.2) is 0 Å². The van der Waals surface area contributed by atoms with Crippen molar-refractivity contribution in [1.29, 1.82) is 0 Å². The Hall–Kier alpha value is -0.870. The number of nitrogens with zero attached hydrogens (tertiary/aromatic N) is 1. The molecule has 1 aliphatic heterocycles. The summed E-state index contributed by atoms with van der Waals surface area (Å²) in [7, 11) is 0. The van der Waals surface area contributed by atoms with Gasteiger partial charge in [0.05, 0.1) is 12.6 Å². The van der Waals surface area contributed by atoms with Gasteiger partial charge in [0, 0.05) is 10.9 Å². The van der Waals surface area contributed by atoms with E-state index in [4.69, 9.17) is 0 Å². The number of nitrogens with one attached hydrogen (secondary N) is 1. The van der Waals surface area contributed by atoms with Gasteiger partial charge in [0.15, 0.2) is 0 Å². The molecular weight excluding hydrogens is 244 g/mol. The van der Waals surface area contributed by atoms with Crippen LogP contribution in [0.4, 0.5) is 0 Å². The van der Waals surface area contributed by atoms with Crippen molar-refractivity contribution < 1.29 is 4.79 Å². The second-order valence-electron chi connectivity index (χ2n) is 5.34. The highest BCUT2D eigenvalue weighted by Crippen LogP contribution is 2.20. The zero-order valence-corrected chi connectivity index (χ0v) is 12.2. The van der Waals surface area contributed by atoms with Crippen LogP contribution >= 0.6 is 11.3 Å². The van der Waals surface area contributed by atoms with Gasteiger partial charge in [0.2, 0.25) is 5.91 Å². The van der Waals surface area contributed by atoms with E-state index in [1.807, 2.05) is 11.0 Å². The van der Waals surface area contributed by atoms with Gasteiger partial charge >= 0.3 is 0 Å². The largest absolute Gasteiger partial charge is 0.334 e. The van der Waals surface area contributed by atoms with Crippen molar-refractivity contribution in [2.45, 2.75) is 45.8 Å². The number of hydrogen-bond acceptors (Lipinski definition) is 3. The minimum absolute atomic E-state index is 0.00682. The molecule has 2 rings (SSSR count). The van der Waals surface area contributed by atoms with E-state index in [0.29, 0.717) is 5.92 Å². The third-order valence-corrected chi connectivity index (χ3v) is 4.47. The smallest absolute Gasteiger partial charge is 0.240 e. The molecule has 0 bridgehead atoms. The number of amides is 1. The van der Waals surface area contributed by atoms with Gasteiger partial charge in [-0.3, -0.25) is 4.79 Å². The second-order valence-corrected chi connectivity index (χ2v) is 6.37. The molecule has 100 valence electrons. The Morgan fingerprint density at radius 2 is 2.39 bits per heavy atom. The maximum atomic E-state index is 12.6. The highest BCUT2D eigenvalue weighted by atomic mass is 32.1. The van der Waals surface area contributed by atoms with Crippen LogP contribution in [0.5, 0.6) is 0 Å². The lowest BCUT2D eigenvalue weighted by atomic mass is 10.0. The molecule has 2 unspecified atom stereocenters. The summed E-state index contributed by atoms with van der Waals surface area (Å²) >= 11 is 1.72. The van der Waals surface area contributed by atoms with Crippen LogP contribution in [0.1, 0.15) is 32.1 Å². The van der Waals surface area contributed by atoms with Gasteiger partial charge in [0.1, 0.15) is 0 Å². The molecule has 1 fully saturated rings. The maximum Gasteiger partial charge on any atom is 0.240 e. The Labute approximate surface area is 113 Å². The molecule has 1 aromatic heterocycles. The predicted molar refractivity (Wildman–Crippen MR) is 75.6 cm³/mol. The van der Waals surface area contributed by atoms with Crippen LogP contribution in [0.3, 0.4) is 0 Å². The summed E-state index contributed by atoms with van der Waals surface area (Å²) in [5.74, 6) is 0.700. The zero-order chi connectivity index (χ0) is 13.1. The molecule has 0 saturated carbocycles. The topological polar surface area (TPSA) is 32.3 Å².